The number of methoxy groups -OCH3 is 1. The molecule has 4 aromatic rings. The third kappa shape index (κ3) is 3.41. The van der Waals surface area contributed by atoms with Gasteiger partial charge < -0.3 is 13.6 Å². The molecule has 164 valence electrons. The Hall–Kier alpha value is -2.46. The normalized spacial score (nSPS) is 12.8. The van der Waals surface area contributed by atoms with Crippen LogP contribution in [-0.4, -0.2) is 15.4 Å². The second-order valence-electron chi connectivity index (χ2n) is 9.89. The van der Waals surface area contributed by atoms with Gasteiger partial charge in [-0.2, -0.15) is 0 Å². The number of benzene rings is 3. The zero-order valence-electron chi connectivity index (χ0n) is 20.1. The largest absolute Gasteiger partial charge is 0.541 e. The minimum absolute atomic E-state index is 0.0946. The number of ether oxygens (including phenoxy) is 1. The summed E-state index contributed by atoms with van der Waals surface area (Å²) in [6.45, 7) is 15.8. The summed E-state index contributed by atoms with van der Waals surface area (Å²) >= 11 is 0. The number of rotatable bonds is 5. The van der Waals surface area contributed by atoms with E-state index in [1.54, 1.807) is 7.11 Å². The van der Waals surface area contributed by atoms with Gasteiger partial charge in [-0.25, -0.2) is 0 Å². The summed E-state index contributed by atoms with van der Waals surface area (Å²) in [4.78, 5) is 0. The highest BCUT2D eigenvalue weighted by molar-refractivity contribution is 6.74. The predicted octanol–water partition coefficient (Wildman–Crippen LogP) is 8.26. The molecule has 4 heteroatoms. The van der Waals surface area contributed by atoms with Gasteiger partial charge in [-0.3, -0.25) is 0 Å². The third-order valence-corrected chi connectivity index (χ3v) is 11.3. The van der Waals surface area contributed by atoms with Crippen LogP contribution < -0.4 is 9.16 Å². The molecule has 0 aliphatic rings. The summed E-state index contributed by atoms with van der Waals surface area (Å²) in [7, 11) is -0.306. The fourth-order valence-corrected chi connectivity index (χ4v) is 5.25. The molecule has 0 saturated carbocycles. The van der Waals surface area contributed by atoms with Crippen LogP contribution in [0.1, 0.15) is 45.7 Å². The van der Waals surface area contributed by atoms with Crippen molar-refractivity contribution in [3.8, 4) is 11.5 Å². The van der Waals surface area contributed by atoms with Crippen LogP contribution in [0.15, 0.2) is 40.8 Å². The quantitative estimate of drug-likeness (QED) is 0.296. The average molecular weight is 435 g/mol. The van der Waals surface area contributed by atoms with Gasteiger partial charge in [-0.05, 0) is 53.9 Å². The van der Waals surface area contributed by atoms with Crippen molar-refractivity contribution in [2.24, 2.45) is 0 Å². The Morgan fingerprint density at radius 1 is 0.903 bits per heavy atom. The molecule has 0 aliphatic carbocycles. The van der Waals surface area contributed by atoms with Gasteiger partial charge in [-0.1, -0.05) is 58.9 Å². The van der Waals surface area contributed by atoms with Crippen molar-refractivity contribution in [3.63, 3.8) is 0 Å². The Balaban J connectivity index is 2.16. The Morgan fingerprint density at radius 2 is 1.48 bits per heavy atom. The minimum atomic E-state index is -2.07. The Kier molecular flexibility index (Phi) is 5.33. The van der Waals surface area contributed by atoms with Crippen molar-refractivity contribution in [2.45, 2.75) is 65.6 Å². The number of fused-ring (bicyclic) bond motifs is 4. The molecule has 0 aliphatic heterocycles. The summed E-state index contributed by atoms with van der Waals surface area (Å²) in [5, 5.41) is 4.58. The molecule has 0 fully saturated rings. The molecule has 0 amide bonds. The van der Waals surface area contributed by atoms with E-state index in [4.69, 9.17) is 13.6 Å². The first-order valence-electron chi connectivity index (χ1n) is 11.3. The smallest absolute Gasteiger partial charge is 0.250 e. The van der Waals surface area contributed by atoms with E-state index < -0.39 is 8.32 Å². The lowest BCUT2D eigenvalue weighted by atomic mass is 9.96. The van der Waals surface area contributed by atoms with Crippen molar-refractivity contribution in [3.05, 3.63) is 47.5 Å². The first kappa shape index (κ1) is 21.8. The maximum absolute atomic E-state index is 6.96. The van der Waals surface area contributed by atoms with E-state index in [-0.39, 0.29) is 5.04 Å². The third-order valence-electron chi connectivity index (χ3n) is 6.98. The highest BCUT2D eigenvalue weighted by Crippen LogP contribution is 2.49. The molecule has 0 N–H and O–H groups in total. The van der Waals surface area contributed by atoms with Crippen LogP contribution in [-0.2, 0) is 12.8 Å². The molecule has 1 heterocycles. The summed E-state index contributed by atoms with van der Waals surface area (Å²) in [6.07, 6.45) is 1.76. The first-order chi connectivity index (χ1) is 14.6. The molecule has 0 radical (unpaired) electrons. The van der Waals surface area contributed by atoms with Gasteiger partial charge in [0.15, 0.2) is 11.3 Å². The molecule has 4 rings (SSSR count). The van der Waals surface area contributed by atoms with E-state index in [2.05, 4.69) is 84.1 Å². The number of hydrogen-bond acceptors (Lipinski definition) is 3. The summed E-state index contributed by atoms with van der Waals surface area (Å²) in [6, 6.07) is 12.8. The standard InChI is InChI=1S/C27H34O3Si/c1-9-19-20(10-2)25(30-31(7,8)27(3,4)5)26-23(24(19)28-6)21-15-17-13-11-12-14-18(17)16-22(21)29-26/h11-16H,9-10H2,1-8H3. The Morgan fingerprint density at radius 3 is 2.03 bits per heavy atom. The van der Waals surface area contributed by atoms with Gasteiger partial charge >= 0.3 is 0 Å². The van der Waals surface area contributed by atoms with Gasteiger partial charge in [0.25, 0.3) is 8.32 Å². The van der Waals surface area contributed by atoms with E-state index >= 15 is 0 Å². The van der Waals surface area contributed by atoms with E-state index in [0.29, 0.717) is 0 Å². The van der Waals surface area contributed by atoms with Gasteiger partial charge in [0.05, 0.1) is 12.5 Å². The van der Waals surface area contributed by atoms with Crippen molar-refractivity contribution in [2.75, 3.05) is 7.11 Å². The predicted molar refractivity (Wildman–Crippen MR) is 134 cm³/mol. The molecule has 1 aromatic heterocycles. The lowest BCUT2D eigenvalue weighted by Crippen LogP contribution is -2.44. The van der Waals surface area contributed by atoms with Gasteiger partial charge in [0.2, 0.25) is 0 Å². The monoisotopic (exact) mass is 434 g/mol. The highest BCUT2D eigenvalue weighted by atomic mass is 28.4. The van der Waals surface area contributed by atoms with Crippen molar-refractivity contribution in [1.82, 2.24) is 0 Å². The van der Waals surface area contributed by atoms with Crippen LogP contribution in [0.25, 0.3) is 32.7 Å². The van der Waals surface area contributed by atoms with Gasteiger partial charge in [0, 0.05) is 16.5 Å². The van der Waals surface area contributed by atoms with Gasteiger partial charge in [-0.15, -0.1) is 0 Å². The lowest BCUT2D eigenvalue weighted by Gasteiger charge is -2.37. The van der Waals surface area contributed by atoms with Crippen LogP contribution in [0.4, 0.5) is 0 Å². The SMILES string of the molecule is CCc1c(CC)c(OC)c2c(oc3cc4ccccc4cc32)c1O[Si](C)(C)C(C)(C)C. The Labute approximate surface area is 186 Å². The zero-order chi connectivity index (χ0) is 22.6. The van der Waals surface area contributed by atoms with Crippen LogP contribution in [0.5, 0.6) is 11.5 Å². The van der Waals surface area contributed by atoms with Crippen LogP contribution in [0.3, 0.4) is 0 Å². The van der Waals surface area contributed by atoms with Crippen LogP contribution >= 0.6 is 0 Å². The van der Waals surface area contributed by atoms with Gasteiger partial charge in [0.1, 0.15) is 11.3 Å². The highest BCUT2D eigenvalue weighted by Gasteiger charge is 2.40. The molecule has 3 aromatic carbocycles. The van der Waals surface area contributed by atoms with E-state index in [0.717, 1.165) is 46.3 Å². The Bertz CT molecular complexity index is 1280. The first-order valence-corrected chi connectivity index (χ1v) is 14.2. The van der Waals surface area contributed by atoms with Crippen molar-refractivity contribution in [1.29, 1.82) is 0 Å². The molecule has 0 unspecified atom stereocenters. The molecule has 0 atom stereocenters. The van der Waals surface area contributed by atoms with Crippen molar-refractivity contribution < 1.29 is 13.6 Å². The minimum Gasteiger partial charge on any atom is -0.541 e. The second-order valence-corrected chi connectivity index (χ2v) is 14.6. The molecular formula is C27H34O3Si. The number of furan rings is 1. The molecule has 3 nitrogen and oxygen atoms in total. The average Bonchev–Trinajstić information content (AvgIpc) is 3.08. The van der Waals surface area contributed by atoms with Crippen LogP contribution in [0.2, 0.25) is 18.1 Å². The second kappa shape index (κ2) is 7.59. The maximum atomic E-state index is 6.96. The zero-order valence-corrected chi connectivity index (χ0v) is 21.1. The summed E-state index contributed by atoms with van der Waals surface area (Å²) in [5.41, 5.74) is 4.13. The lowest BCUT2D eigenvalue weighted by molar-refractivity contribution is 0.412. The fourth-order valence-electron chi connectivity index (χ4n) is 4.22. The maximum Gasteiger partial charge on any atom is 0.250 e. The topological polar surface area (TPSA) is 31.6 Å². The fraction of sp³-hybridized carbons (Fsp3) is 0.407. The number of hydrogen-bond donors (Lipinski definition) is 0. The van der Waals surface area contributed by atoms with E-state index in [1.165, 1.54) is 21.9 Å². The van der Waals surface area contributed by atoms with Crippen molar-refractivity contribution >= 4 is 41.0 Å². The van der Waals surface area contributed by atoms with Crippen LogP contribution in [0, 0.1) is 0 Å². The van der Waals surface area contributed by atoms with E-state index in [1.807, 2.05) is 0 Å². The molecular weight excluding hydrogens is 400 g/mol. The molecule has 0 bridgehead atoms. The summed E-state index contributed by atoms with van der Waals surface area (Å²) in [5.74, 6) is 1.84. The molecule has 0 saturated heterocycles. The molecule has 0 spiro atoms. The molecule has 31 heavy (non-hydrogen) atoms. The summed E-state index contributed by atoms with van der Waals surface area (Å²) < 4.78 is 19.5. The van der Waals surface area contributed by atoms with E-state index in [9.17, 15) is 0 Å².